The molecule has 0 bridgehead atoms. The molecule has 9 heteroatoms. The van der Waals surface area contributed by atoms with Gasteiger partial charge >= 0.3 is 10.2 Å². The number of allylic oxidation sites excluding steroid dienone is 1. The molecule has 0 aromatic heterocycles. The van der Waals surface area contributed by atoms with Crippen molar-refractivity contribution in [3.63, 3.8) is 0 Å². The van der Waals surface area contributed by atoms with Gasteiger partial charge in [0.05, 0.1) is 9.82 Å². The van der Waals surface area contributed by atoms with Crippen LogP contribution in [0.4, 0.5) is 15.3 Å². The third-order valence-corrected chi connectivity index (χ3v) is 4.12. The molecule has 0 atom stereocenters. The Morgan fingerprint density at radius 1 is 1.12 bits per heavy atom. The highest BCUT2D eigenvalue weighted by molar-refractivity contribution is 7.86. The summed E-state index contributed by atoms with van der Waals surface area (Å²) in [6.07, 6.45) is 1.29. The Kier molecular flexibility index (Phi) is 5.28. The second kappa shape index (κ2) is 7.22. The Morgan fingerprint density at radius 2 is 1.68 bits per heavy atom. The van der Waals surface area contributed by atoms with Crippen LogP contribution in [0.3, 0.4) is 0 Å². The number of rotatable bonds is 5. The quantitative estimate of drug-likeness (QED) is 0.379. The molecule has 0 saturated carbocycles. The van der Waals surface area contributed by atoms with E-state index in [0.29, 0.717) is 16.8 Å². The predicted molar refractivity (Wildman–Crippen MR) is 90.1 cm³/mol. The molecular weight excluding hydrogens is 351 g/mol. The van der Waals surface area contributed by atoms with E-state index in [9.17, 15) is 27.2 Å². The zero-order chi connectivity index (χ0) is 18.6. The molecule has 0 fully saturated rings. The highest BCUT2D eigenvalue weighted by atomic mass is 32.3. The molecule has 7 nitrogen and oxygen atoms in total. The first-order valence-electron chi connectivity index (χ1n) is 6.95. The fraction of sp³-hybridized carbons (Fsp3) is 0.0625. The maximum absolute atomic E-state index is 12.8. The van der Waals surface area contributed by atoms with Crippen LogP contribution >= 0.6 is 0 Å². The number of nitro groups is 1. The van der Waals surface area contributed by atoms with Crippen LogP contribution in [0.5, 0.6) is 0 Å². The largest absolute Gasteiger partial charge is 0.332 e. The van der Waals surface area contributed by atoms with Crippen molar-refractivity contribution < 1.29 is 22.0 Å². The van der Waals surface area contributed by atoms with Gasteiger partial charge in [-0.05, 0) is 54.5 Å². The topological polar surface area (TPSA) is 106 Å². The Hall–Kier alpha value is -3.07. The van der Waals surface area contributed by atoms with Crippen LogP contribution in [0.2, 0.25) is 0 Å². The molecule has 0 radical (unpaired) electrons. The molecule has 2 rings (SSSR count). The second-order valence-electron chi connectivity index (χ2n) is 5.08. The molecule has 1 N–H and O–H groups in total. The van der Waals surface area contributed by atoms with E-state index in [2.05, 4.69) is 5.32 Å². The maximum Gasteiger partial charge on any atom is 0.332 e. The molecule has 2 aromatic rings. The number of carbonyl (C=O) groups is 1. The molecule has 0 heterocycles. The Balaban J connectivity index is 2.10. The third-order valence-electron chi connectivity index (χ3n) is 3.28. The van der Waals surface area contributed by atoms with E-state index >= 15 is 0 Å². The van der Waals surface area contributed by atoms with Crippen LogP contribution in [0.1, 0.15) is 12.5 Å². The van der Waals surface area contributed by atoms with E-state index in [0.717, 1.165) is 12.1 Å². The minimum absolute atomic E-state index is 0.0519. The Labute approximate surface area is 143 Å². The van der Waals surface area contributed by atoms with E-state index in [1.807, 2.05) is 0 Å². The fourth-order valence-electron chi connectivity index (χ4n) is 2.01. The van der Waals surface area contributed by atoms with Crippen LogP contribution in [0, 0.1) is 10.1 Å². The molecule has 0 aliphatic rings. The van der Waals surface area contributed by atoms with Crippen molar-refractivity contribution in [1.29, 1.82) is 0 Å². The van der Waals surface area contributed by atoms with Crippen molar-refractivity contribution in [1.82, 2.24) is 0 Å². The number of hydrogen-bond acceptors (Lipinski definition) is 5. The lowest BCUT2D eigenvalue weighted by molar-refractivity contribution is -0.384. The lowest BCUT2D eigenvalue weighted by Crippen LogP contribution is -2.08. The summed E-state index contributed by atoms with van der Waals surface area (Å²) in [5.41, 5.74) is 1.46. The Bertz CT molecular complexity index is 935. The first-order valence-corrected chi connectivity index (χ1v) is 8.34. The zero-order valence-electron chi connectivity index (χ0n) is 13.0. The van der Waals surface area contributed by atoms with Gasteiger partial charge in [0.2, 0.25) is 5.91 Å². The van der Waals surface area contributed by atoms with Crippen molar-refractivity contribution in [2.75, 3.05) is 5.32 Å². The van der Waals surface area contributed by atoms with E-state index in [1.165, 1.54) is 42.5 Å². The first-order chi connectivity index (χ1) is 11.7. The molecule has 0 aliphatic heterocycles. The number of non-ortho nitro benzene ring substituents is 1. The number of hydrogen-bond donors (Lipinski definition) is 1. The average Bonchev–Trinajstić information content (AvgIpc) is 2.54. The SMILES string of the molecule is C/C(=C/C(=O)Nc1ccc(S(=O)(=O)F)cc1)c1ccc([N+](=O)[O-])cc1. The summed E-state index contributed by atoms with van der Waals surface area (Å²) in [5.74, 6) is -0.480. The zero-order valence-corrected chi connectivity index (χ0v) is 13.8. The minimum atomic E-state index is -4.79. The molecule has 1 amide bonds. The average molecular weight is 364 g/mol. The van der Waals surface area contributed by atoms with Crippen molar-refractivity contribution in [2.45, 2.75) is 11.8 Å². The van der Waals surface area contributed by atoms with Crippen molar-refractivity contribution in [2.24, 2.45) is 0 Å². The molecular formula is C16H13FN2O5S. The summed E-state index contributed by atoms with van der Waals surface area (Å²) < 4.78 is 34.2. The number of nitrogens with one attached hydrogen (secondary N) is 1. The molecule has 0 saturated heterocycles. The van der Waals surface area contributed by atoms with Gasteiger partial charge in [-0.1, -0.05) is 0 Å². The lowest BCUT2D eigenvalue weighted by Gasteiger charge is -2.05. The van der Waals surface area contributed by atoms with Crippen LogP contribution in [-0.4, -0.2) is 19.2 Å². The van der Waals surface area contributed by atoms with Gasteiger partial charge in [0.15, 0.2) is 0 Å². The van der Waals surface area contributed by atoms with Gasteiger partial charge in [-0.25, -0.2) is 0 Å². The number of anilines is 1. The van der Waals surface area contributed by atoms with Crippen molar-refractivity contribution >= 4 is 33.1 Å². The van der Waals surface area contributed by atoms with Gasteiger partial charge in [-0.2, -0.15) is 8.42 Å². The molecule has 0 unspecified atom stereocenters. The summed E-state index contributed by atoms with van der Waals surface area (Å²) in [6.45, 7) is 1.67. The first kappa shape index (κ1) is 18.3. The molecule has 130 valence electrons. The summed E-state index contributed by atoms with van der Waals surface area (Å²) in [4.78, 5) is 21.6. The van der Waals surface area contributed by atoms with Crippen LogP contribution in [0.25, 0.3) is 5.57 Å². The number of carbonyl (C=O) groups excluding carboxylic acids is 1. The van der Waals surface area contributed by atoms with E-state index < -0.39 is 25.9 Å². The van der Waals surface area contributed by atoms with Crippen LogP contribution in [0.15, 0.2) is 59.5 Å². The van der Waals surface area contributed by atoms with Gasteiger partial charge in [0.25, 0.3) is 5.69 Å². The number of halogens is 1. The summed E-state index contributed by atoms with van der Waals surface area (Å²) in [5, 5.41) is 13.1. The molecule has 0 spiro atoms. The minimum Gasteiger partial charge on any atom is -0.323 e. The second-order valence-corrected chi connectivity index (χ2v) is 6.43. The van der Waals surface area contributed by atoms with Gasteiger partial charge < -0.3 is 5.32 Å². The van der Waals surface area contributed by atoms with E-state index in [-0.39, 0.29) is 5.69 Å². The maximum atomic E-state index is 12.8. The normalized spacial score (nSPS) is 11.8. The van der Waals surface area contributed by atoms with Gasteiger partial charge in [0, 0.05) is 23.9 Å². The smallest absolute Gasteiger partial charge is 0.323 e. The highest BCUT2D eigenvalue weighted by Crippen LogP contribution is 2.19. The predicted octanol–water partition coefficient (Wildman–Crippen LogP) is 3.30. The summed E-state index contributed by atoms with van der Waals surface area (Å²) in [7, 11) is -4.79. The van der Waals surface area contributed by atoms with Crippen molar-refractivity contribution in [3.8, 4) is 0 Å². The summed E-state index contributed by atoms with van der Waals surface area (Å²) >= 11 is 0. The van der Waals surface area contributed by atoms with E-state index in [1.54, 1.807) is 6.92 Å². The van der Waals surface area contributed by atoms with Gasteiger partial charge in [0.1, 0.15) is 0 Å². The molecule has 0 aliphatic carbocycles. The number of benzene rings is 2. The van der Waals surface area contributed by atoms with Crippen molar-refractivity contribution in [3.05, 3.63) is 70.3 Å². The van der Waals surface area contributed by atoms with Gasteiger partial charge in [-0.15, -0.1) is 3.89 Å². The summed E-state index contributed by atoms with van der Waals surface area (Å²) in [6, 6.07) is 10.3. The van der Waals surface area contributed by atoms with Gasteiger partial charge in [-0.3, -0.25) is 14.9 Å². The third kappa shape index (κ3) is 4.95. The fourth-order valence-corrected chi connectivity index (χ4v) is 2.47. The Morgan fingerprint density at radius 3 is 2.16 bits per heavy atom. The standard InChI is InChI=1S/C16H13FN2O5S/c1-11(12-2-6-14(7-3-12)19(21)22)10-16(20)18-13-4-8-15(9-5-13)25(17,23)24/h2-10H,1H3,(H,18,20)/b11-10-. The molecule has 2 aromatic carbocycles. The van der Waals surface area contributed by atoms with Crippen LogP contribution in [-0.2, 0) is 15.0 Å². The highest BCUT2D eigenvalue weighted by Gasteiger charge is 2.11. The number of nitro benzene ring substituents is 1. The van der Waals surface area contributed by atoms with E-state index in [4.69, 9.17) is 0 Å². The molecule has 25 heavy (non-hydrogen) atoms. The lowest BCUT2D eigenvalue weighted by atomic mass is 10.1. The number of amides is 1. The van der Waals surface area contributed by atoms with Crippen LogP contribution < -0.4 is 5.32 Å². The number of nitrogens with zero attached hydrogens (tertiary/aromatic N) is 1. The monoisotopic (exact) mass is 364 g/mol.